The molecule has 0 aromatic rings. The third kappa shape index (κ3) is 11.7. The van der Waals surface area contributed by atoms with E-state index in [0.29, 0.717) is 0 Å². The molecule has 6 aliphatic rings. The molecule has 31 nitrogen and oxygen atoms in total. The van der Waals surface area contributed by atoms with E-state index in [1.165, 1.54) is 0 Å². The van der Waals surface area contributed by atoms with E-state index in [1.807, 2.05) is 0 Å². The van der Waals surface area contributed by atoms with Gasteiger partial charge in [0, 0.05) is 0 Å². The summed E-state index contributed by atoms with van der Waals surface area (Å²) < 4.78 is 60.7. The van der Waals surface area contributed by atoms with Gasteiger partial charge in [0.05, 0.1) is 45.7 Å². The predicted octanol–water partition coefficient (Wildman–Crippen LogP) is -14.1. The molecule has 31 heteroatoms. The lowest BCUT2D eigenvalue weighted by Crippen LogP contribution is -2.66. The largest absolute Gasteiger partial charge is 0.394 e. The monoisotopic (exact) mass is 989 g/mol. The lowest BCUT2D eigenvalue weighted by atomic mass is 9.96. The zero-order chi connectivity index (χ0) is 49.3. The summed E-state index contributed by atoms with van der Waals surface area (Å²) in [7, 11) is 0. The number of aliphatic hydroxyl groups is 19. The standard InChI is InChI=1S/C36H63NO30/c37-13-20(47)14(41)7(1-38)61-32(13)57-6-12-19(46)30(67-36-26(53)22(49)16(43)9(3-40)63-36)28(55)34(65-12)59-4-10-17(44)23(50)24(51)33(64-10)58-5-11-18(45)29(27(54)31(56)60-11)66-35-25(52)21(48)15(42)8(2-39)62-35/h7-36,38-56H,1-6,37H2/t7-,8-,9-,10-,11-,12-,13-,14-,15-,16-,17-,18-,19-,20-,21+,22+,23+,24-,25-,26-,27-,28-,29+,30+,31?,32-,33-,34-,35+,36+/m1/s1. The zero-order valence-corrected chi connectivity index (χ0v) is 35.1. The smallest absolute Gasteiger partial charge is 0.187 e. The molecule has 0 amide bonds. The number of ether oxygens (including phenoxy) is 11. The molecule has 6 saturated heterocycles. The highest BCUT2D eigenvalue weighted by Gasteiger charge is 2.55. The van der Waals surface area contributed by atoms with Crippen LogP contribution in [0.3, 0.4) is 0 Å². The fourth-order valence-corrected chi connectivity index (χ4v) is 8.24. The van der Waals surface area contributed by atoms with E-state index in [2.05, 4.69) is 0 Å². The molecule has 6 heterocycles. The SMILES string of the molecule is N[C@H]1[C@H](OC[C@H]2O[C@@H](OC[C@H]3O[C@@H](OC[C@H]4OC(O)[C@H](O)[C@@H](O[C@@H]5O[C@H](CO)[C@@H](O)[C@H](O)[C@H]5O)[C@@H]4O)[C@H](O)[C@@H](O)[C@@H]3O)[C@H](O)[C@@H](O[C@@H]3O[C@H](CO)[C@@H](O)[C@H](O)[C@H]3O)[C@@H]2O)O[C@H](CO)[C@@H](O)[C@@H]1O. The summed E-state index contributed by atoms with van der Waals surface area (Å²) in [4.78, 5) is 0. The fraction of sp³-hybridized carbons (Fsp3) is 1.00. The first kappa shape index (κ1) is 55.1. The van der Waals surface area contributed by atoms with Crippen LogP contribution in [0.4, 0.5) is 0 Å². The molecular formula is C36H63NO30. The van der Waals surface area contributed by atoms with Crippen LogP contribution in [0.25, 0.3) is 0 Å². The van der Waals surface area contributed by atoms with Crippen molar-refractivity contribution in [2.45, 2.75) is 184 Å². The first-order chi connectivity index (χ1) is 31.6. The van der Waals surface area contributed by atoms with Gasteiger partial charge in [-0.2, -0.15) is 0 Å². The van der Waals surface area contributed by atoms with Crippen LogP contribution in [0, 0.1) is 0 Å². The molecule has 6 fully saturated rings. The van der Waals surface area contributed by atoms with Crippen LogP contribution in [-0.2, 0) is 52.1 Å². The summed E-state index contributed by atoms with van der Waals surface area (Å²) >= 11 is 0. The normalized spacial score (nSPS) is 53.4. The molecule has 0 radical (unpaired) electrons. The summed E-state index contributed by atoms with van der Waals surface area (Å²) in [6.45, 7) is -4.92. The van der Waals surface area contributed by atoms with Gasteiger partial charge in [-0.1, -0.05) is 0 Å². The molecule has 6 rings (SSSR count). The summed E-state index contributed by atoms with van der Waals surface area (Å²) in [6.07, 6.45) is -53.2. The van der Waals surface area contributed by atoms with Crippen LogP contribution in [0.5, 0.6) is 0 Å². The molecule has 67 heavy (non-hydrogen) atoms. The highest BCUT2D eigenvalue weighted by molar-refractivity contribution is 4.98. The van der Waals surface area contributed by atoms with Gasteiger partial charge in [-0.05, 0) is 0 Å². The maximum atomic E-state index is 11.4. The summed E-state index contributed by atoms with van der Waals surface area (Å²) in [5.74, 6) is 0. The minimum Gasteiger partial charge on any atom is -0.394 e. The van der Waals surface area contributed by atoms with Gasteiger partial charge in [-0.3, -0.25) is 0 Å². The van der Waals surface area contributed by atoms with E-state index in [4.69, 9.17) is 57.8 Å². The predicted molar refractivity (Wildman–Crippen MR) is 201 cm³/mol. The molecule has 1 unspecified atom stereocenters. The van der Waals surface area contributed by atoms with Crippen LogP contribution in [0.2, 0.25) is 0 Å². The Labute approximate surface area is 378 Å². The molecule has 0 bridgehead atoms. The Bertz CT molecular complexity index is 1510. The molecule has 0 spiro atoms. The third-order valence-corrected chi connectivity index (χ3v) is 12.5. The summed E-state index contributed by atoms with van der Waals surface area (Å²) in [6, 6.07) is -1.42. The third-order valence-electron chi connectivity index (χ3n) is 12.5. The van der Waals surface area contributed by atoms with Crippen molar-refractivity contribution in [3.8, 4) is 0 Å². The Morgan fingerprint density at radius 3 is 1.06 bits per heavy atom. The van der Waals surface area contributed by atoms with Crippen molar-refractivity contribution in [2.24, 2.45) is 5.73 Å². The highest BCUT2D eigenvalue weighted by Crippen LogP contribution is 2.33. The van der Waals surface area contributed by atoms with Crippen molar-refractivity contribution in [1.82, 2.24) is 0 Å². The Morgan fingerprint density at radius 1 is 0.299 bits per heavy atom. The second kappa shape index (κ2) is 23.5. The van der Waals surface area contributed by atoms with E-state index in [0.717, 1.165) is 0 Å². The Morgan fingerprint density at radius 2 is 0.612 bits per heavy atom. The highest BCUT2D eigenvalue weighted by atomic mass is 16.8. The summed E-state index contributed by atoms with van der Waals surface area (Å²) in [5.41, 5.74) is 5.96. The second-order valence-corrected chi connectivity index (χ2v) is 17.0. The van der Waals surface area contributed by atoms with Gasteiger partial charge >= 0.3 is 0 Å². The van der Waals surface area contributed by atoms with Crippen LogP contribution in [-0.4, -0.2) is 321 Å². The minimum absolute atomic E-state index is 0.736. The van der Waals surface area contributed by atoms with Crippen molar-refractivity contribution in [3.05, 3.63) is 0 Å². The van der Waals surface area contributed by atoms with Gasteiger partial charge in [0.1, 0.15) is 140 Å². The first-order valence-corrected chi connectivity index (χ1v) is 21.2. The number of nitrogens with two attached hydrogens (primary N) is 1. The van der Waals surface area contributed by atoms with E-state index >= 15 is 0 Å². The van der Waals surface area contributed by atoms with Crippen molar-refractivity contribution in [3.63, 3.8) is 0 Å². The van der Waals surface area contributed by atoms with Crippen LogP contribution in [0.1, 0.15) is 0 Å². The number of aliphatic hydroxyl groups excluding tert-OH is 19. The molecule has 21 N–H and O–H groups in total. The zero-order valence-electron chi connectivity index (χ0n) is 35.1. The Kier molecular flexibility index (Phi) is 19.4. The van der Waals surface area contributed by atoms with Gasteiger partial charge in [0.2, 0.25) is 0 Å². The topological polar surface area (TPSA) is 512 Å². The van der Waals surface area contributed by atoms with Gasteiger partial charge in [-0.25, -0.2) is 0 Å². The molecule has 0 saturated carbocycles. The lowest BCUT2D eigenvalue weighted by molar-refractivity contribution is -0.371. The molecule has 392 valence electrons. The van der Waals surface area contributed by atoms with E-state index in [1.54, 1.807) is 0 Å². The number of hydrogen-bond donors (Lipinski definition) is 20. The maximum Gasteiger partial charge on any atom is 0.187 e. The molecule has 0 aromatic carbocycles. The lowest BCUT2D eigenvalue weighted by Gasteiger charge is -2.47. The molecule has 30 atom stereocenters. The van der Waals surface area contributed by atoms with E-state index < -0.39 is 224 Å². The fourth-order valence-electron chi connectivity index (χ4n) is 8.24. The quantitative estimate of drug-likeness (QED) is 0.0683. The molecule has 0 aliphatic carbocycles. The second-order valence-electron chi connectivity index (χ2n) is 17.0. The van der Waals surface area contributed by atoms with Gasteiger partial charge < -0.3 is 155 Å². The maximum absolute atomic E-state index is 11.4. The minimum atomic E-state index is -2.11. The van der Waals surface area contributed by atoms with E-state index in [9.17, 15) is 97.0 Å². The van der Waals surface area contributed by atoms with Crippen molar-refractivity contribution >= 4 is 0 Å². The van der Waals surface area contributed by atoms with Gasteiger partial charge in [0.25, 0.3) is 0 Å². The van der Waals surface area contributed by atoms with Crippen molar-refractivity contribution < 1.29 is 149 Å². The van der Waals surface area contributed by atoms with Gasteiger partial charge in [-0.15, -0.1) is 0 Å². The first-order valence-electron chi connectivity index (χ1n) is 21.2. The van der Waals surface area contributed by atoms with Crippen LogP contribution in [0.15, 0.2) is 0 Å². The number of hydrogen-bond acceptors (Lipinski definition) is 31. The van der Waals surface area contributed by atoms with Gasteiger partial charge in [0.15, 0.2) is 37.7 Å². The Hall–Kier alpha value is -1.24. The summed E-state index contributed by atoms with van der Waals surface area (Å²) in [5, 5.41) is 198. The van der Waals surface area contributed by atoms with Crippen molar-refractivity contribution in [1.29, 1.82) is 0 Å². The van der Waals surface area contributed by atoms with E-state index in [-0.39, 0.29) is 0 Å². The molecule has 0 aromatic heterocycles. The van der Waals surface area contributed by atoms with Crippen LogP contribution < -0.4 is 5.73 Å². The van der Waals surface area contributed by atoms with Crippen LogP contribution >= 0.6 is 0 Å². The number of rotatable bonds is 16. The average Bonchev–Trinajstić information content (AvgIpc) is 3.31. The van der Waals surface area contributed by atoms with Crippen molar-refractivity contribution in [2.75, 3.05) is 39.6 Å². The average molecular weight is 990 g/mol. The molecular weight excluding hydrogens is 926 g/mol. The Balaban J connectivity index is 1.13. The molecule has 6 aliphatic heterocycles.